The summed E-state index contributed by atoms with van der Waals surface area (Å²) in [6.45, 7) is 2.17. The molecule has 28 heavy (non-hydrogen) atoms. The first-order valence-electron chi connectivity index (χ1n) is 7.30. The van der Waals surface area contributed by atoms with Crippen LogP contribution in [0.4, 0.5) is 37.7 Å². The summed E-state index contributed by atoms with van der Waals surface area (Å²) in [6.07, 6.45) is -9.09. The van der Waals surface area contributed by atoms with Crippen molar-refractivity contribution in [2.45, 2.75) is 26.2 Å². The van der Waals surface area contributed by atoms with Gasteiger partial charge in [-0.25, -0.2) is 0 Å². The molecule has 2 aromatic rings. The average Bonchev–Trinajstić information content (AvgIpc) is 2.53. The molecule has 0 unspecified atom stereocenters. The second kappa shape index (κ2) is 8.23. The highest BCUT2D eigenvalue weighted by Crippen LogP contribution is 2.36. The van der Waals surface area contributed by atoms with Gasteiger partial charge in [-0.2, -0.15) is 26.3 Å². The van der Waals surface area contributed by atoms with Crippen molar-refractivity contribution in [2.75, 3.05) is 0 Å². The molecule has 0 spiro atoms. The number of nitrogens with zero attached hydrogens (tertiary/aromatic N) is 2. The second-order valence-corrected chi connectivity index (χ2v) is 5.41. The molecule has 2 aromatic carbocycles. The summed E-state index contributed by atoms with van der Waals surface area (Å²) in [5.41, 5.74) is -3.67. The first kappa shape index (κ1) is 22.9. The number of rotatable bonds is 2. The Morgan fingerprint density at radius 3 is 1.18 bits per heavy atom. The molecule has 0 radical (unpaired) electrons. The lowest BCUT2D eigenvalue weighted by Crippen LogP contribution is -2.08. The quantitative estimate of drug-likeness (QED) is 0.353. The van der Waals surface area contributed by atoms with Gasteiger partial charge in [0.15, 0.2) is 0 Å². The zero-order chi connectivity index (χ0) is 21.9. The summed E-state index contributed by atoms with van der Waals surface area (Å²) in [4.78, 5) is 19.0. The molecule has 0 bridgehead atoms. The van der Waals surface area contributed by atoms with E-state index in [-0.39, 0.29) is 11.1 Å². The number of benzene rings is 2. The summed E-state index contributed by atoms with van der Waals surface area (Å²) < 4.78 is 73.6. The van der Waals surface area contributed by atoms with Crippen molar-refractivity contribution in [1.29, 1.82) is 0 Å². The minimum absolute atomic E-state index is 0.356. The van der Waals surface area contributed by atoms with E-state index in [4.69, 9.17) is 0 Å². The van der Waals surface area contributed by atoms with Crippen molar-refractivity contribution in [3.8, 4) is 0 Å². The smallest absolute Gasteiger partial charge is 0.258 e. The van der Waals surface area contributed by atoms with Gasteiger partial charge in [0.05, 0.1) is 21.0 Å². The molecule has 0 N–H and O–H groups in total. The van der Waals surface area contributed by atoms with Gasteiger partial charge in [0, 0.05) is 23.3 Å². The summed E-state index contributed by atoms with van der Waals surface area (Å²) in [6, 6.07) is 5.78. The zero-order valence-corrected chi connectivity index (χ0v) is 14.3. The van der Waals surface area contributed by atoms with E-state index in [1.54, 1.807) is 0 Å². The Balaban J connectivity index is 0.000000280. The van der Waals surface area contributed by atoms with Crippen LogP contribution >= 0.6 is 0 Å². The third-order valence-electron chi connectivity index (χ3n) is 3.61. The van der Waals surface area contributed by atoms with Crippen LogP contribution in [0.3, 0.4) is 0 Å². The van der Waals surface area contributed by atoms with Gasteiger partial charge < -0.3 is 0 Å². The maximum atomic E-state index is 12.3. The fourth-order valence-corrected chi connectivity index (χ4v) is 2.26. The van der Waals surface area contributed by atoms with Crippen molar-refractivity contribution < 1.29 is 36.2 Å². The Hall–Kier alpha value is -3.18. The zero-order valence-electron chi connectivity index (χ0n) is 14.3. The number of halogens is 6. The van der Waals surface area contributed by atoms with Crippen LogP contribution in [0.2, 0.25) is 0 Å². The van der Waals surface area contributed by atoms with Crippen LogP contribution in [-0.4, -0.2) is 9.85 Å². The van der Waals surface area contributed by atoms with E-state index in [0.717, 1.165) is 50.2 Å². The Bertz CT molecular complexity index is 820. The third kappa shape index (κ3) is 5.41. The maximum Gasteiger partial charge on any atom is 0.416 e. The Morgan fingerprint density at radius 2 is 0.964 bits per heavy atom. The van der Waals surface area contributed by atoms with Gasteiger partial charge in [0.2, 0.25) is 0 Å². The van der Waals surface area contributed by atoms with Crippen LogP contribution in [0.15, 0.2) is 36.4 Å². The molecule has 12 heteroatoms. The van der Waals surface area contributed by atoms with Crippen LogP contribution in [-0.2, 0) is 12.4 Å². The summed E-state index contributed by atoms with van der Waals surface area (Å²) in [5.74, 6) is 0. The minimum atomic E-state index is -4.55. The lowest BCUT2D eigenvalue weighted by atomic mass is 10.1. The fourth-order valence-electron chi connectivity index (χ4n) is 2.26. The molecule has 0 aliphatic heterocycles. The van der Waals surface area contributed by atoms with Crippen molar-refractivity contribution in [3.05, 3.63) is 78.9 Å². The van der Waals surface area contributed by atoms with Gasteiger partial charge in [0.1, 0.15) is 0 Å². The highest BCUT2D eigenvalue weighted by Gasteiger charge is 2.35. The van der Waals surface area contributed by atoms with Gasteiger partial charge in [-0.1, -0.05) is 12.1 Å². The van der Waals surface area contributed by atoms with Crippen LogP contribution < -0.4 is 0 Å². The van der Waals surface area contributed by atoms with Crippen molar-refractivity contribution >= 4 is 11.4 Å². The maximum absolute atomic E-state index is 12.3. The molecule has 6 nitrogen and oxygen atoms in total. The molecule has 0 saturated carbocycles. The SMILES string of the molecule is Cc1c([N+](=O)[O-])cccc1C(F)(F)F.Cc1c([N+](=O)[O-])cccc1C(F)(F)F. The molecule has 0 aliphatic carbocycles. The first-order valence-corrected chi connectivity index (χ1v) is 7.30. The topological polar surface area (TPSA) is 86.3 Å². The van der Waals surface area contributed by atoms with E-state index in [2.05, 4.69) is 0 Å². The largest absolute Gasteiger partial charge is 0.416 e. The van der Waals surface area contributed by atoms with Crippen molar-refractivity contribution in [1.82, 2.24) is 0 Å². The van der Waals surface area contributed by atoms with Gasteiger partial charge in [-0.15, -0.1) is 0 Å². The lowest BCUT2D eigenvalue weighted by Gasteiger charge is -2.09. The Kier molecular flexibility index (Phi) is 6.72. The number of nitro benzene ring substituents is 2. The van der Waals surface area contributed by atoms with Gasteiger partial charge in [-0.3, -0.25) is 20.2 Å². The summed E-state index contributed by atoms with van der Waals surface area (Å²) in [5, 5.41) is 20.7. The fraction of sp³-hybridized carbons (Fsp3) is 0.250. The molecular weight excluding hydrogens is 398 g/mol. The first-order chi connectivity index (χ1) is 12.7. The molecule has 0 aliphatic rings. The number of hydrogen-bond donors (Lipinski definition) is 0. The van der Waals surface area contributed by atoms with Crippen molar-refractivity contribution in [3.63, 3.8) is 0 Å². The van der Waals surface area contributed by atoms with E-state index in [0.29, 0.717) is 0 Å². The highest BCUT2D eigenvalue weighted by molar-refractivity contribution is 5.46. The van der Waals surface area contributed by atoms with E-state index in [9.17, 15) is 46.6 Å². The molecule has 0 amide bonds. The predicted octanol–water partition coefficient (Wildman–Crippen LogP) is 5.84. The van der Waals surface area contributed by atoms with Crippen LogP contribution in [0.1, 0.15) is 22.3 Å². The molecule has 152 valence electrons. The minimum Gasteiger partial charge on any atom is -0.258 e. The second-order valence-electron chi connectivity index (χ2n) is 5.41. The normalized spacial score (nSPS) is 11.4. The van der Waals surface area contributed by atoms with Gasteiger partial charge in [0.25, 0.3) is 11.4 Å². The van der Waals surface area contributed by atoms with Gasteiger partial charge >= 0.3 is 12.4 Å². The summed E-state index contributed by atoms with van der Waals surface area (Å²) in [7, 11) is 0. The summed E-state index contributed by atoms with van der Waals surface area (Å²) >= 11 is 0. The molecule has 0 aromatic heterocycles. The third-order valence-corrected chi connectivity index (χ3v) is 3.61. The monoisotopic (exact) mass is 410 g/mol. The van der Waals surface area contributed by atoms with E-state index >= 15 is 0 Å². The molecular formula is C16H12F6N2O4. The van der Waals surface area contributed by atoms with Crippen LogP contribution in [0, 0.1) is 34.1 Å². The predicted molar refractivity (Wildman–Crippen MR) is 85.7 cm³/mol. The average molecular weight is 410 g/mol. The molecule has 0 heterocycles. The van der Waals surface area contributed by atoms with Gasteiger partial charge in [-0.05, 0) is 26.0 Å². The number of nitro groups is 2. The Labute approximate surface area is 153 Å². The number of hydrogen-bond acceptors (Lipinski definition) is 4. The molecule has 0 saturated heterocycles. The molecule has 0 atom stereocenters. The van der Waals surface area contributed by atoms with Crippen LogP contribution in [0.25, 0.3) is 0 Å². The molecule has 2 rings (SSSR count). The van der Waals surface area contributed by atoms with E-state index in [1.807, 2.05) is 0 Å². The molecule has 0 fully saturated rings. The van der Waals surface area contributed by atoms with E-state index < -0.39 is 44.7 Å². The standard InChI is InChI=1S/2C8H6F3NO2/c2*1-5-6(8(9,10)11)3-2-4-7(5)12(13)14/h2*2-4H,1H3. The van der Waals surface area contributed by atoms with E-state index in [1.165, 1.54) is 0 Å². The lowest BCUT2D eigenvalue weighted by molar-refractivity contribution is -0.385. The van der Waals surface area contributed by atoms with Crippen molar-refractivity contribution in [2.24, 2.45) is 0 Å². The highest BCUT2D eigenvalue weighted by atomic mass is 19.4. The van der Waals surface area contributed by atoms with Crippen LogP contribution in [0.5, 0.6) is 0 Å². The number of alkyl halides is 6. The Morgan fingerprint density at radius 1 is 0.679 bits per heavy atom.